The van der Waals surface area contributed by atoms with Crippen molar-refractivity contribution in [3.05, 3.63) is 29.8 Å². The van der Waals surface area contributed by atoms with Gasteiger partial charge in [-0.25, -0.2) is 0 Å². The zero-order valence-electron chi connectivity index (χ0n) is 12.8. The van der Waals surface area contributed by atoms with Gasteiger partial charge in [-0.3, -0.25) is 4.79 Å². The summed E-state index contributed by atoms with van der Waals surface area (Å²) in [6, 6.07) is 7.73. The molecule has 1 aromatic carbocycles. The number of aliphatic hydroxyl groups excluding tert-OH is 1. The molecule has 0 radical (unpaired) electrons. The molecule has 4 nitrogen and oxygen atoms in total. The van der Waals surface area contributed by atoms with Crippen LogP contribution in [-0.4, -0.2) is 30.3 Å². The lowest BCUT2D eigenvalue weighted by Gasteiger charge is -2.28. The summed E-state index contributed by atoms with van der Waals surface area (Å²) >= 11 is 0. The van der Waals surface area contributed by atoms with Crippen LogP contribution >= 0.6 is 0 Å². The van der Waals surface area contributed by atoms with Crippen LogP contribution in [0.3, 0.4) is 0 Å². The van der Waals surface area contributed by atoms with Gasteiger partial charge >= 0.3 is 0 Å². The Hall–Kier alpha value is -1.55. The standard InChI is InChI=1S/C17H25NO3/c1-12(13-7-9-14(21-2)10-8-13)11-17(20)18-15-5-3-4-6-16(15)19/h7-10,12,15-16,19H,3-6,11H2,1-2H3,(H,18,20). The van der Waals surface area contributed by atoms with Crippen LogP contribution in [0.5, 0.6) is 5.75 Å². The molecule has 0 aliphatic heterocycles. The van der Waals surface area contributed by atoms with Gasteiger partial charge in [0.2, 0.25) is 5.91 Å². The van der Waals surface area contributed by atoms with Gasteiger partial charge in [0, 0.05) is 6.42 Å². The summed E-state index contributed by atoms with van der Waals surface area (Å²) < 4.78 is 5.14. The van der Waals surface area contributed by atoms with Crippen molar-refractivity contribution in [2.45, 2.75) is 57.1 Å². The van der Waals surface area contributed by atoms with E-state index in [9.17, 15) is 9.90 Å². The number of carbonyl (C=O) groups is 1. The molecule has 21 heavy (non-hydrogen) atoms. The molecule has 3 atom stereocenters. The second-order valence-corrected chi connectivity index (χ2v) is 5.90. The molecule has 1 fully saturated rings. The summed E-state index contributed by atoms with van der Waals surface area (Å²) in [7, 11) is 1.64. The summed E-state index contributed by atoms with van der Waals surface area (Å²) in [5.41, 5.74) is 1.12. The second kappa shape index (κ2) is 7.46. The minimum Gasteiger partial charge on any atom is -0.497 e. The quantitative estimate of drug-likeness (QED) is 0.876. The zero-order valence-corrected chi connectivity index (χ0v) is 12.8. The van der Waals surface area contributed by atoms with E-state index in [1.54, 1.807) is 7.11 Å². The van der Waals surface area contributed by atoms with Crippen molar-refractivity contribution in [1.29, 1.82) is 0 Å². The van der Waals surface area contributed by atoms with Gasteiger partial charge < -0.3 is 15.2 Å². The van der Waals surface area contributed by atoms with Gasteiger partial charge in [-0.1, -0.05) is 31.9 Å². The van der Waals surface area contributed by atoms with E-state index in [4.69, 9.17) is 4.74 Å². The van der Waals surface area contributed by atoms with Crippen LogP contribution in [0.15, 0.2) is 24.3 Å². The SMILES string of the molecule is COc1ccc(C(C)CC(=O)NC2CCCCC2O)cc1. The van der Waals surface area contributed by atoms with Gasteiger partial charge in [0.25, 0.3) is 0 Å². The summed E-state index contributed by atoms with van der Waals surface area (Å²) in [5.74, 6) is 0.988. The van der Waals surface area contributed by atoms with Gasteiger partial charge in [-0.15, -0.1) is 0 Å². The van der Waals surface area contributed by atoms with Crippen molar-refractivity contribution < 1.29 is 14.6 Å². The molecular weight excluding hydrogens is 266 g/mol. The highest BCUT2D eigenvalue weighted by atomic mass is 16.5. The predicted octanol–water partition coefficient (Wildman–Crippen LogP) is 2.61. The highest BCUT2D eigenvalue weighted by molar-refractivity contribution is 5.77. The van der Waals surface area contributed by atoms with Crippen molar-refractivity contribution >= 4 is 5.91 Å². The van der Waals surface area contributed by atoms with Crippen LogP contribution in [0.1, 0.15) is 50.5 Å². The number of carbonyl (C=O) groups excluding carboxylic acids is 1. The van der Waals surface area contributed by atoms with E-state index in [2.05, 4.69) is 5.32 Å². The number of hydrogen-bond donors (Lipinski definition) is 2. The van der Waals surface area contributed by atoms with Crippen LogP contribution in [-0.2, 0) is 4.79 Å². The number of benzene rings is 1. The number of nitrogens with one attached hydrogen (secondary N) is 1. The van der Waals surface area contributed by atoms with E-state index in [1.165, 1.54) is 0 Å². The van der Waals surface area contributed by atoms with Gasteiger partial charge in [0.15, 0.2) is 0 Å². The Balaban J connectivity index is 1.86. The molecule has 3 unspecified atom stereocenters. The fourth-order valence-electron chi connectivity index (χ4n) is 2.87. The number of methoxy groups -OCH3 is 1. The molecule has 1 amide bonds. The van der Waals surface area contributed by atoms with Gasteiger partial charge in [-0.05, 0) is 36.5 Å². The molecule has 1 aliphatic carbocycles. The van der Waals surface area contributed by atoms with Crippen LogP contribution in [0.2, 0.25) is 0 Å². The van der Waals surface area contributed by atoms with Gasteiger partial charge in [0.1, 0.15) is 5.75 Å². The number of ether oxygens (including phenoxy) is 1. The Kier molecular flexibility index (Phi) is 5.62. The maximum atomic E-state index is 12.1. The van der Waals surface area contributed by atoms with Crippen LogP contribution in [0, 0.1) is 0 Å². The van der Waals surface area contributed by atoms with E-state index >= 15 is 0 Å². The first-order valence-electron chi connectivity index (χ1n) is 7.71. The highest BCUT2D eigenvalue weighted by Crippen LogP contribution is 2.23. The molecule has 4 heteroatoms. The van der Waals surface area contributed by atoms with E-state index in [1.807, 2.05) is 31.2 Å². The van der Waals surface area contributed by atoms with Crippen molar-refractivity contribution in [3.63, 3.8) is 0 Å². The normalized spacial score (nSPS) is 23.4. The highest BCUT2D eigenvalue weighted by Gasteiger charge is 2.24. The van der Waals surface area contributed by atoms with Gasteiger partial charge in [-0.2, -0.15) is 0 Å². The van der Waals surface area contributed by atoms with Crippen molar-refractivity contribution in [1.82, 2.24) is 5.32 Å². The molecule has 0 spiro atoms. The topological polar surface area (TPSA) is 58.6 Å². The molecule has 1 aromatic rings. The van der Waals surface area contributed by atoms with Crippen LogP contribution in [0.4, 0.5) is 0 Å². The Labute approximate surface area is 126 Å². The van der Waals surface area contributed by atoms with Gasteiger partial charge in [0.05, 0.1) is 19.3 Å². The van der Waals surface area contributed by atoms with E-state index in [-0.39, 0.29) is 24.0 Å². The largest absolute Gasteiger partial charge is 0.497 e. The lowest BCUT2D eigenvalue weighted by atomic mass is 9.92. The number of hydrogen-bond acceptors (Lipinski definition) is 3. The molecule has 0 heterocycles. The Morgan fingerprint density at radius 2 is 2.00 bits per heavy atom. The predicted molar refractivity (Wildman–Crippen MR) is 82.4 cm³/mol. The molecule has 0 bridgehead atoms. The van der Waals surface area contributed by atoms with Crippen LogP contribution in [0.25, 0.3) is 0 Å². The monoisotopic (exact) mass is 291 g/mol. The van der Waals surface area contributed by atoms with Crippen molar-refractivity contribution in [2.75, 3.05) is 7.11 Å². The minimum absolute atomic E-state index is 0.0178. The third-order valence-electron chi connectivity index (χ3n) is 4.25. The molecule has 0 saturated heterocycles. The maximum absolute atomic E-state index is 12.1. The van der Waals surface area contributed by atoms with Crippen LogP contribution < -0.4 is 10.1 Å². The summed E-state index contributed by atoms with van der Waals surface area (Å²) in [6.45, 7) is 2.04. The average Bonchev–Trinajstić information content (AvgIpc) is 2.49. The Morgan fingerprint density at radius 3 is 2.62 bits per heavy atom. The molecule has 1 saturated carbocycles. The van der Waals surface area contributed by atoms with Crippen molar-refractivity contribution in [3.8, 4) is 5.75 Å². The Bertz CT molecular complexity index is 458. The number of aliphatic hydroxyl groups is 1. The summed E-state index contributed by atoms with van der Waals surface area (Å²) in [4.78, 5) is 12.1. The summed E-state index contributed by atoms with van der Waals surface area (Å²) in [5, 5.41) is 12.9. The molecule has 2 N–H and O–H groups in total. The molecule has 2 rings (SSSR count). The van der Waals surface area contributed by atoms with Crippen molar-refractivity contribution in [2.24, 2.45) is 0 Å². The van der Waals surface area contributed by atoms with E-state index < -0.39 is 0 Å². The van der Waals surface area contributed by atoms with E-state index in [0.29, 0.717) is 6.42 Å². The molecular formula is C17H25NO3. The fourth-order valence-corrected chi connectivity index (χ4v) is 2.87. The number of amides is 1. The first-order chi connectivity index (χ1) is 10.1. The summed E-state index contributed by atoms with van der Waals surface area (Å²) in [6.07, 6.45) is 3.85. The number of rotatable bonds is 5. The lowest BCUT2D eigenvalue weighted by Crippen LogP contribution is -2.45. The Morgan fingerprint density at radius 1 is 1.33 bits per heavy atom. The minimum atomic E-state index is -0.390. The third kappa shape index (κ3) is 4.46. The molecule has 0 aromatic heterocycles. The third-order valence-corrected chi connectivity index (χ3v) is 4.25. The smallest absolute Gasteiger partial charge is 0.220 e. The maximum Gasteiger partial charge on any atom is 0.220 e. The molecule has 1 aliphatic rings. The molecule has 116 valence electrons. The first-order valence-corrected chi connectivity index (χ1v) is 7.71. The second-order valence-electron chi connectivity index (χ2n) is 5.90. The zero-order chi connectivity index (χ0) is 15.2. The van der Waals surface area contributed by atoms with E-state index in [0.717, 1.165) is 37.0 Å². The first kappa shape index (κ1) is 15.8. The fraction of sp³-hybridized carbons (Fsp3) is 0.588. The average molecular weight is 291 g/mol. The lowest BCUT2D eigenvalue weighted by molar-refractivity contribution is -0.123.